The number of aliphatic hydroxyl groups is 2. The first-order valence-corrected chi connectivity index (χ1v) is 8.36. The van der Waals surface area contributed by atoms with Crippen LogP contribution in [0.1, 0.15) is 101 Å². The first-order chi connectivity index (χ1) is 8.95. The molecule has 2 nitrogen and oxygen atoms in total. The highest BCUT2D eigenvalue weighted by molar-refractivity contribution is 4.50. The van der Waals surface area contributed by atoms with E-state index in [-0.39, 0.29) is 6.10 Å². The summed E-state index contributed by atoms with van der Waals surface area (Å²) in [7, 11) is 0. The van der Waals surface area contributed by atoms with Crippen LogP contribution in [-0.4, -0.2) is 21.9 Å². The molecule has 0 rings (SSSR count). The summed E-state index contributed by atoms with van der Waals surface area (Å²) in [4.78, 5) is 0. The van der Waals surface area contributed by atoms with E-state index >= 15 is 0 Å². The zero-order valence-corrected chi connectivity index (χ0v) is 16.1. The molecule has 20 heavy (non-hydrogen) atoms. The fourth-order valence-electron chi connectivity index (χ4n) is 0.354. The molecule has 0 aliphatic heterocycles. The van der Waals surface area contributed by atoms with Gasteiger partial charge in [0.05, 0.1) is 11.7 Å². The van der Waals surface area contributed by atoms with E-state index in [2.05, 4.69) is 34.6 Å². The Balaban J connectivity index is -0.0000000853. The van der Waals surface area contributed by atoms with E-state index < -0.39 is 5.60 Å². The molecule has 2 N–H and O–H groups in total. The Morgan fingerprint density at radius 1 is 0.800 bits per heavy atom. The average molecular weight is 293 g/mol. The minimum absolute atomic E-state index is 0.116. The minimum Gasteiger partial charge on any atom is -0.393 e. The lowest BCUT2D eigenvalue weighted by Gasteiger charge is -2.04. The SMILES string of the molecule is CC(C)(C)O.CCC(C)C.CCC(C)O.CCCCC. The van der Waals surface area contributed by atoms with E-state index in [1.807, 2.05) is 6.92 Å². The summed E-state index contributed by atoms with van der Waals surface area (Å²) in [6.07, 6.45) is 6.13. The third kappa shape index (κ3) is 146. The van der Waals surface area contributed by atoms with Gasteiger partial charge in [0.25, 0.3) is 0 Å². The maximum atomic E-state index is 8.52. The highest BCUT2D eigenvalue weighted by Gasteiger charge is 1.97. The van der Waals surface area contributed by atoms with Gasteiger partial charge in [0, 0.05) is 0 Å². The first kappa shape index (κ1) is 28.1. The van der Waals surface area contributed by atoms with Crippen LogP contribution in [0.5, 0.6) is 0 Å². The van der Waals surface area contributed by atoms with E-state index in [9.17, 15) is 0 Å². The van der Waals surface area contributed by atoms with Gasteiger partial charge in [-0.2, -0.15) is 0 Å². The molecular formula is C18H44O2. The first-order valence-electron chi connectivity index (χ1n) is 8.36. The minimum atomic E-state index is -0.500. The van der Waals surface area contributed by atoms with Crippen LogP contribution >= 0.6 is 0 Å². The largest absolute Gasteiger partial charge is 0.393 e. The third-order valence-electron chi connectivity index (χ3n) is 2.11. The van der Waals surface area contributed by atoms with Crippen molar-refractivity contribution in [3.8, 4) is 0 Å². The van der Waals surface area contributed by atoms with E-state index in [4.69, 9.17) is 10.2 Å². The van der Waals surface area contributed by atoms with Gasteiger partial charge in [0.1, 0.15) is 0 Å². The fourth-order valence-corrected chi connectivity index (χ4v) is 0.354. The Bertz CT molecular complexity index is 119. The third-order valence-corrected chi connectivity index (χ3v) is 2.11. The molecule has 2 heteroatoms. The predicted octanol–water partition coefficient (Wildman–Crippen LogP) is 5.80. The number of hydrogen-bond acceptors (Lipinski definition) is 2. The molecule has 0 aromatic carbocycles. The van der Waals surface area contributed by atoms with Gasteiger partial charge in [0.2, 0.25) is 0 Å². The van der Waals surface area contributed by atoms with Gasteiger partial charge in [-0.05, 0) is 40.0 Å². The number of aliphatic hydroxyl groups excluding tert-OH is 1. The zero-order chi connectivity index (χ0) is 17.2. The Kier molecular flexibility index (Phi) is 29.9. The number of hydrogen-bond donors (Lipinski definition) is 2. The summed E-state index contributed by atoms with van der Waals surface area (Å²) in [5.74, 6) is 0.884. The molecule has 0 heterocycles. The van der Waals surface area contributed by atoms with E-state index in [1.54, 1.807) is 27.7 Å². The Morgan fingerprint density at radius 3 is 1.00 bits per heavy atom. The van der Waals surface area contributed by atoms with Gasteiger partial charge in [-0.3, -0.25) is 0 Å². The topological polar surface area (TPSA) is 40.5 Å². The maximum absolute atomic E-state index is 8.52. The molecule has 0 bridgehead atoms. The van der Waals surface area contributed by atoms with Gasteiger partial charge < -0.3 is 10.2 Å². The van der Waals surface area contributed by atoms with Crippen molar-refractivity contribution in [3.63, 3.8) is 0 Å². The monoisotopic (exact) mass is 292 g/mol. The van der Waals surface area contributed by atoms with Gasteiger partial charge in [-0.15, -0.1) is 0 Å². The number of unbranched alkanes of at least 4 members (excludes halogenated alkanes) is 2. The van der Waals surface area contributed by atoms with E-state index in [1.165, 1.54) is 25.7 Å². The average Bonchev–Trinajstić information content (AvgIpc) is 2.29. The molecule has 0 saturated heterocycles. The maximum Gasteiger partial charge on any atom is 0.0563 e. The van der Waals surface area contributed by atoms with Crippen molar-refractivity contribution in [1.29, 1.82) is 0 Å². The summed E-state index contributed by atoms with van der Waals surface area (Å²) in [6, 6.07) is 0. The molecule has 0 saturated carbocycles. The second-order valence-electron chi connectivity index (χ2n) is 6.58. The Labute approximate surface area is 130 Å². The van der Waals surface area contributed by atoms with Crippen molar-refractivity contribution in [2.75, 3.05) is 0 Å². The van der Waals surface area contributed by atoms with Gasteiger partial charge >= 0.3 is 0 Å². The van der Waals surface area contributed by atoms with Crippen LogP contribution in [0.3, 0.4) is 0 Å². The summed E-state index contributed by atoms with van der Waals surface area (Å²) < 4.78 is 0. The van der Waals surface area contributed by atoms with Crippen molar-refractivity contribution < 1.29 is 10.2 Å². The van der Waals surface area contributed by atoms with Crippen molar-refractivity contribution in [2.45, 2.75) is 113 Å². The fraction of sp³-hybridized carbons (Fsp3) is 1.00. The van der Waals surface area contributed by atoms with E-state index in [0.717, 1.165) is 12.3 Å². The van der Waals surface area contributed by atoms with Crippen LogP contribution in [0.25, 0.3) is 0 Å². The normalized spacial score (nSPS) is 11.2. The molecule has 0 aromatic rings. The van der Waals surface area contributed by atoms with Crippen LogP contribution in [0.15, 0.2) is 0 Å². The summed E-state index contributed by atoms with van der Waals surface area (Å²) >= 11 is 0. The Hall–Kier alpha value is -0.0800. The molecule has 0 aliphatic rings. The molecular weight excluding hydrogens is 248 g/mol. The van der Waals surface area contributed by atoms with Gasteiger partial charge in [-0.25, -0.2) is 0 Å². The summed E-state index contributed by atoms with van der Waals surface area (Å²) in [5, 5.41) is 16.9. The lowest BCUT2D eigenvalue weighted by molar-refractivity contribution is 0.102. The highest BCUT2D eigenvalue weighted by atomic mass is 16.3. The molecule has 0 radical (unpaired) electrons. The quantitative estimate of drug-likeness (QED) is 0.687. The Morgan fingerprint density at radius 2 is 1.00 bits per heavy atom. The predicted molar refractivity (Wildman–Crippen MR) is 94.3 cm³/mol. The van der Waals surface area contributed by atoms with Gasteiger partial charge in [0.15, 0.2) is 0 Å². The molecule has 0 aliphatic carbocycles. The lowest BCUT2D eigenvalue weighted by atomic mass is 10.2. The standard InChI is InChI=1S/2C5H12.2C4H10O/c1-4-5(2)3;1-3-5-4-2;1-4(2,3)5;1-3-4(2)5/h5H,4H2,1-3H3;3-5H2,1-2H3;5H,1-3H3;4-5H,3H2,1-2H3. The smallest absolute Gasteiger partial charge is 0.0563 e. The second kappa shape index (κ2) is 21.2. The lowest BCUT2D eigenvalue weighted by Crippen LogP contribution is -2.10. The molecule has 0 amide bonds. The molecule has 0 aromatic heterocycles. The summed E-state index contributed by atoms with van der Waals surface area (Å²) in [6.45, 7) is 20.0. The van der Waals surface area contributed by atoms with Crippen molar-refractivity contribution in [2.24, 2.45) is 5.92 Å². The zero-order valence-electron chi connectivity index (χ0n) is 16.1. The van der Waals surface area contributed by atoms with E-state index in [0.29, 0.717) is 0 Å². The molecule has 1 unspecified atom stereocenters. The van der Waals surface area contributed by atoms with Crippen LogP contribution in [-0.2, 0) is 0 Å². The highest BCUT2D eigenvalue weighted by Crippen LogP contribution is 1.94. The summed E-state index contributed by atoms with van der Waals surface area (Å²) in [5.41, 5.74) is -0.500. The van der Waals surface area contributed by atoms with Crippen molar-refractivity contribution in [3.05, 3.63) is 0 Å². The second-order valence-corrected chi connectivity index (χ2v) is 6.58. The molecule has 1 atom stereocenters. The molecule has 128 valence electrons. The van der Waals surface area contributed by atoms with Crippen LogP contribution in [0.2, 0.25) is 0 Å². The molecule has 0 spiro atoms. The van der Waals surface area contributed by atoms with Crippen molar-refractivity contribution >= 4 is 0 Å². The van der Waals surface area contributed by atoms with Crippen molar-refractivity contribution in [1.82, 2.24) is 0 Å². The van der Waals surface area contributed by atoms with Crippen LogP contribution < -0.4 is 0 Å². The number of rotatable bonds is 4. The van der Waals surface area contributed by atoms with Crippen LogP contribution in [0, 0.1) is 5.92 Å². The van der Waals surface area contributed by atoms with Gasteiger partial charge in [-0.1, -0.05) is 67.2 Å². The molecule has 0 fully saturated rings. The van der Waals surface area contributed by atoms with Crippen LogP contribution in [0.4, 0.5) is 0 Å².